The van der Waals surface area contributed by atoms with E-state index in [0.717, 1.165) is 17.1 Å². The van der Waals surface area contributed by atoms with Crippen LogP contribution in [-0.4, -0.2) is 68.2 Å². The predicted octanol–water partition coefficient (Wildman–Crippen LogP) is 0.464. The topological polar surface area (TPSA) is 80.6 Å². The molecule has 8 nitrogen and oxygen atoms in total. The lowest BCUT2D eigenvalue weighted by atomic mass is 10.2. The van der Waals surface area contributed by atoms with Crippen LogP contribution in [-0.2, 0) is 14.3 Å². The molecule has 0 radical (unpaired) electrons. The normalized spacial score (nSPS) is 20.6. The van der Waals surface area contributed by atoms with Gasteiger partial charge in [0.05, 0.1) is 51.5 Å². The molecule has 1 N–H and O–H groups in total. The summed E-state index contributed by atoms with van der Waals surface area (Å²) in [7, 11) is 0. The maximum atomic E-state index is 12.9. The highest BCUT2D eigenvalue weighted by Gasteiger charge is 2.46. The molecule has 8 heteroatoms. The lowest BCUT2D eigenvalue weighted by Gasteiger charge is -2.33. The van der Waals surface area contributed by atoms with Gasteiger partial charge >= 0.3 is 6.09 Å². The van der Waals surface area contributed by atoms with E-state index >= 15 is 0 Å². The molecule has 152 valence electrons. The van der Waals surface area contributed by atoms with E-state index < -0.39 is 6.04 Å². The molecule has 1 atom stereocenters. The highest BCUT2D eigenvalue weighted by molar-refractivity contribution is 6.21. The average molecular weight is 390 g/mol. The fourth-order valence-corrected chi connectivity index (χ4v) is 3.67. The van der Waals surface area contributed by atoms with E-state index in [9.17, 15) is 14.4 Å². The van der Waals surface area contributed by atoms with Crippen LogP contribution < -0.4 is 14.5 Å². The van der Waals surface area contributed by atoms with Gasteiger partial charge in [0.2, 0.25) is 5.91 Å². The molecule has 2 fully saturated rings. The molecule has 2 saturated heterocycles. The zero-order chi connectivity index (χ0) is 20.1. The van der Waals surface area contributed by atoms with Gasteiger partial charge in [0.15, 0.2) is 6.04 Å². The number of imide groups is 1. The van der Waals surface area contributed by atoms with Crippen molar-refractivity contribution in [1.82, 2.24) is 4.90 Å². The van der Waals surface area contributed by atoms with Crippen molar-refractivity contribution in [3.63, 3.8) is 0 Å². The molecule has 2 aliphatic rings. The van der Waals surface area contributed by atoms with Gasteiger partial charge in [-0.25, -0.2) is 9.69 Å². The summed E-state index contributed by atoms with van der Waals surface area (Å²) in [5.74, 6) is 0.367. The largest absolute Gasteiger partial charge is 0.494 e. The number of amides is 3. The lowest BCUT2D eigenvalue weighted by Crippen LogP contribution is -3.19. The van der Waals surface area contributed by atoms with Crippen molar-refractivity contribution in [3.05, 3.63) is 24.3 Å². The first-order chi connectivity index (χ1) is 13.5. The highest BCUT2D eigenvalue weighted by atomic mass is 16.6. The quantitative estimate of drug-likeness (QED) is 0.714. The van der Waals surface area contributed by atoms with Crippen LogP contribution in [0.15, 0.2) is 24.3 Å². The number of rotatable bonds is 6. The molecule has 0 aromatic heterocycles. The summed E-state index contributed by atoms with van der Waals surface area (Å²) in [4.78, 5) is 41.3. The maximum absolute atomic E-state index is 12.9. The summed E-state index contributed by atoms with van der Waals surface area (Å²) in [6.07, 6.45) is 0.794. The van der Waals surface area contributed by atoms with Gasteiger partial charge in [-0.2, -0.15) is 0 Å². The summed E-state index contributed by atoms with van der Waals surface area (Å²) < 4.78 is 10.6. The molecule has 1 aromatic rings. The van der Waals surface area contributed by atoms with Gasteiger partial charge in [0, 0.05) is 0 Å². The van der Waals surface area contributed by atoms with Crippen molar-refractivity contribution in [3.8, 4) is 5.75 Å². The molecule has 3 amide bonds. The predicted molar refractivity (Wildman–Crippen MR) is 102 cm³/mol. The van der Waals surface area contributed by atoms with Gasteiger partial charge in [-0.1, -0.05) is 6.92 Å². The Balaban J connectivity index is 1.62. The second-order valence-electron chi connectivity index (χ2n) is 7.01. The first kappa shape index (κ1) is 20.1. The molecular weight excluding hydrogens is 362 g/mol. The number of hydrogen-bond donors (Lipinski definition) is 1. The van der Waals surface area contributed by atoms with Crippen molar-refractivity contribution in [1.29, 1.82) is 0 Å². The summed E-state index contributed by atoms with van der Waals surface area (Å²) in [6.45, 7) is 7.08. The van der Waals surface area contributed by atoms with Crippen molar-refractivity contribution < 1.29 is 28.8 Å². The first-order valence-corrected chi connectivity index (χ1v) is 9.91. The van der Waals surface area contributed by atoms with Crippen LogP contribution in [0.3, 0.4) is 0 Å². The monoisotopic (exact) mass is 390 g/mol. The Morgan fingerprint density at radius 2 is 1.82 bits per heavy atom. The Kier molecular flexibility index (Phi) is 6.51. The van der Waals surface area contributed by atoms with Crippen LogP contribution in [0.2, 0.25) is 0 Å². The Labute approximate surface area is 165 Å². The fourth-order valence-electron chi connectivity index (χ4n) is 3.67. The number of ether oxygens (including phenoxy) is 2. The Bertz CT molecular complexity index is 713. The van der Waals surface area contributed by atoms with E-state index in [0.29, 0.717) is 45.1 Å². The Morgan fingerprint density at radius 3 is 2.43 bits per heavy atom. The van der Waals surface area contributed by atoms with Gasteiger partial charge in [-0.15, -0.1) is 0 Å². The minimum Gasteiger partial charge on any atom is -0.494 e. The maximum Gasteiger partial charge on any atom is 0.410 e. The SMILES string of the molecule is CCCOc1ccc(N2C(=O)C[C@@H]([NH+]3CCN(C(=O)OCC)CC3)C2=O)cc1. The number of nitrogens with one attached hydrogen (secondary N) is 1. The minimum absolute atomic E-state index is 0.174. The number of piperazine rings is 1. The van der Waals surface area contributed by atoms with E-state index in [1.54, 1.807) is 36.1 Å². The Morgan fingerprint density at radius 1 is 1.14 bits per heavy atom. The van der Waals surface area contributed by atoms with Gasteiger partial charge in [0.1, 0.15) is 5.75 Å². The molecule has 0 saturated carbocycles. The van der Waals surface area contributed by atoms with Crippen LogP contribution in [0, 0.1) is 0 Å². The Hall–Kier alpha value is -2.61. The van der Waals surface area contributed by atoms with Gasteiger partial charge in [0.25, 0.3) is 5.91 Å². The zero-order valence-corrected chi connectivity index (χ0v) is 16.5. The van der Waals surface area contributed by atoms with Crippen molar-refractivity contribution in [2.75, 3.05) is 44.3 Å². The molecule has 0 unspecified atom stereocenters. The molecule has 2 heterocycles. The number of quaternary nitrogens is 1. The molecule has 1 aromatic carbocycles. The number of benzene rings is 1. The molecule has 0 aliphatic carbocycles. The fraction of sp³-hybridized carbons (Fsp3) is 0.550. The number of anilines is 1. The second kappa shape index (κ2) is 9.05. The summed E-state index contributed by atoms with van der Waals surface area (Å²) in [5.41, 5.74) is 0.575. The smallest absolute Gasteiger partial charge is 0.410 e. The number of carbonyl (C=O) groups excluding carboxylic acids is 3. The van der Waals surface area contributed by atoms with Crippen LogP contribution in [0.25, 0.3) is 0 Å². The van der Waals surface area contributed by atoms with Gasteiger partial charge in [-0.05, 0) is 37.6 Å². The van der Waals surface area contributed by atoms with Gasteiger partial charge < -0.3 is 14.4 Å². The van der Waals surface area contributed by atoms with E-state index in [-0.39, 0.29) is 24.3 Å². The molecule has 3 rings (SSSR count). The lowest BCUT2D eigenvalue weighted by molar-refractivity contribution is -0.918. The third kappa shape index (κ3) is 4.27. The summed E-state index contributed by atoms with van der Waals surface area (Å²) in [6, 6.07) is 6.66. The van der Waals surface area contributed by atoms with E-state index in [2.05, 4.69) is 0 Å². The highest BCUT2D eigenvalue weighted by Crippen LogP contribution is 2.24. The summed E-state index contributed by atoms with van der Waals surface area (Å²) in [5, 5.41) is 0. The average Bonchev–Trinajstić information content (AvgIpc) is 3.01. The first-order valence-electron chi connectivity index (χ1n) is 9.91. The van der Waals surface area contributed by atoms with Crippen molar-refractivity contribution >= 4 is 23.6 Å². The molecule has 0 spiro atoms. The third-order valence-electron chi connectivity index (χ3n) is 5.14. The number of hydrogen-bond acceptors (Lipinski definition) is 5. The standard InChI is InChI=1S/C20H27N3O5/c1-3-13-28-16-7-5-15(6-8-16)23-18(24)14-17(19(23)25)21-9-11-22(12-10-21)20(26)27-4-2/h5-8,17H,3-4,9-14H2,1-2H3/p+1/t17-/m1/s1. The third-order valence-corrected chi connectivity index (χ3v) is 5.14. The van der Waals surface area contributed by atoms with Crippen LogP contribution in [0.1, 0.15) is 26.7 Å². The van der Waals surface area contributed by atoms with Crippen LogP contribution >= 0.6 is 0 Å². The minimum atomic E-state index is -0.395. The van der Waals surface area contributed by atoms with E-state index in [1.165, 1.54) is 4.90 Å². The van der Waals surface area contributed by atoms with Crippen LogP contribution in [0.4, 0.5) is 10.5 Å². The number of carbonyl (C=O) groups is 3. The van der Waals surface area contributed by atoms with E-state index in [1.807, 2.05) is 6.92 Å². The van der Waals surface area contributed by atoms with E-state index in [4.69, 9.17) is 9.47 Å². The van der Waals surface area contributed by atoms with Crippen molar-refractivity contribution in [2.45, 2.75) is 32.7 Å². The second-order valence-corrected chi connectivity index (χ2v) is 7.01. The molecule has 28 heavy (non-hydrogen) atoms. The van der Waals surface area contributed by atoms with Crippen LogP contribution in [0.5, 0.6) is 5.75 Å². The molecule has 0 bridgehead atoms. The zero-order valence-electron chi connectivity index (χ0n) is 16.5. The molecular formula is C20H28N3O5+. The van der Waals surface area contributed by atoms with Crippen molar-refractivity contribution in [2.24, 2.45) is 0 Å². The summed E-state index contributed by atoms with van der Waals surface area (Å²) >= 11 is 0. The van der Waals surface area contributed by atoms with Gasteiger partial charge in [-0.3, -0.25) is 14.5 Å². The molecule has 2 aliphatic heterocycles. The number of nitrogens with zero attached hydrogens (tertiary/aromatic N) is 2.